The number of benzene rings is 1. The number of ether oxygens (including phenoxy) is 1. The molecule has 0 fully saturated rings. The van der Waals surface area contributed by atoms with Gasteiger partial charge in [-0.3, -0.25) is 14.9 Å². The lowest BCUT2D eigenvalue weighted by Crippen LogP contribution is -1.97. The molecule has 0 radical (unpaired) electrons. The predicted molar refractivity (Wildman–Crippen MR) is 54.8 cm³/mol. The van der Waals surface area contributed by atoms with Gasteiger partial charge in [0.2, 0.25) is 0 Å². The van der Waals surface area contributed by atoms with Crippen LogP contribution in [0.3, 0.4) is 0 Å². The highest BCUT2D eigenvalue weighted by atomic mass is 35.5. The minimum absolute atomic E-state index is 0.0369. The fourth-order valence-corrected chi connectivity index (χ4v) is 1.45. The van der Waals surface area contributed by atoms with Gasteiger partial charge in [0.15, 0.2) is 0 Å². The molecule has 1 aromatic carbocycles. The second-order valence-electron chi connectivity index (χ2n) is 2.54. The first-order valence-electron chi connectivity index (χ1n) is 3.69. The molecule has 15 heavy (non-hydrogen) atoms. The first-order chi connectivity index (χ1) is 6.97. The molecule has 0 bridgehead atoms. The van der Waals surface area contributed by atoms with E-state index >= 15 is 0 Å². The minimum atomic E-state index is -0.873. The summed E-state index contributed by atoms with van der Waals surface area (Å²) in [6.45, 7) is 0. The molecular formula is C8H5Cl2NO4. The Morgan fingerprint density at radius 3 is 2.53 bits per heavy atom. The van der Waals surface area contributed by atoms with Crippen LogP contribution < -0.4 is 4.74 Å². The maximum absolute atomic E-state index is 10.9. The van der Waals surface area contributed by atoms with Gasteiger partial charge in [-0.25, -0.2) is 0 Å². The molecule has 0 saturated carbocycles. The molecule has 0 amide bonds. The molecule has 0 saturated heterocycles. The third-order valence-electron chi connectivity index (χ3n) is 1.67. The zero-order chi connectivity index (χ0) is 11.6. The summed E-state index contributed by atoms with van der Waals surface area (Å²) in [6.07, 6.45) is 0. The summed E-state index contributed by atoms with van der Waals surface area (Å²) in [7, 11) is 1.29. The standard InChI is InChI=1S/C8H5Cl2NO4/c1-15-6-3-4(11(13)14)2-5(7(6)9)8(10)12/h2-3H,1H3. The summed E-state index contributed by atoms with van der Waals surface area (Å²) in [6, 6.07) is 2.12. The molecule has 1 aromatic rings. The van der Waals surface area contributed by atoms with Crippen LogP contribution in [0.1, 0.15) is 10.4 Å². The van der Waals surface area contributed by atoms with Gasteiger partial charge in [-0.05, 0) is 11.6 Å². The van der Waals surface area contributed by atoms with Crippen molar-refractivity contribution in [3.05, 3.63) is 32.8 Å². The number of non-ortho nitro benzene ring substituents is 1. The highest BCUT2D eigenvalue weighted by Gasteiger charge is 2.19. The molecule has 0 aliphatic heterocycles. The fourth-order valence-electron chi connectivity index (χ4n) is 0.980. The summed E-state index contributed by atoms with van der Waals surface area (Å²) < 4.78 is 4.78. The molecule has 0 atom stereocenters. The smallest absolute Gasteiger partial charge is 0.274 e. The van der Waals surface area contributed by atoms with E-state index in [2.05, 4.69) is 0 Å². The summed E-state index contributed by atoms with van der Waals surface area (Å²) in [5.74, 6) is 0.0369. The van der Waals surface area contributed by atoms with E-state index in [1.807, 2.05) is 0 Å². The van der Waals surface area contributed by atoms with Gasteiger partial charge in [-0.2, -0.15) is 0 Å². The minimum Gasteiger partial charge on any atom is -0.495 e. The van der Waals surface area contributed by atoms with Crippen LogP contribution >= 0.6 is 23.2 Å². The molecular weight excluding hydrogens is 245 g/mol. The number of carbonyl (C=O) groups is 1. The van der Waals surface area contributed by atoms with Crippen LogP contribution in [0.4, 0.5) is 5.69 Å². The van der Waals surface area contributed by atoms with Crippen molar-refractivity contribution in [1.82, 2.24) is 0 Å². The number of halogens is 2. The van der Waals surface area contributed by atoms with Crippen LogP contribution in [-0.2, 0) is 0 Å². The van der Waals surface area contributed by atoms with Crippen molar-refractivity contribution < 1.29 is 14.5 Å². The van der Waals surface area contributed by atoms with Crippen molar-refractivity contribution in [3.8, 4) is 5.75 Å². The normalized spacial score (nSPS) is 9.80. The average molecular weight is 250 g/mol. The zero-order valence-corrected chi connectivity index (χ0v) is 9.00. The summed E-state index contributed by atoms with van der Waals surface area (Å²) in [4.78, 5) is 20.8. The van der Waals surface area contributed by atoms with E-state index in [4.69, 9.17) is 27.9 Å². The van der Waals surface area contributed by atoms with E-state index in [0.717, 1.165) is 12.1 Å². The van der Waals surface area contributed by atoms with E-state index < -0.39 is 10.2 Å². The second-order valence-corrected chi connectivity index (χ2v) is 3.26. The Kier molecular flexibility index (Phi) is 3.49. The molecule has 0 heterocycles. The van der Waals surface area contributed by atoms with Crippen LogP contribution in [0, 0.1) is 10.1 Å². The van der Waals surface area contributed by atoms with Gasteiger partial charge in [-0.15, -0.1) is 0 Å². The van der Waals surface area contributed by atoms with Gasteiger partial charge >= 0.3 is 0 Å². The van der Waals surface area contributed by atoms with E-state index in [1.165, 1.54) is 7.11 Å². The lowest BCUT2D eigenvalue weighted by Gasteiger charge is -2.05. The van der Waals surface area contributed by atoms with E-state index in [-0.39, 0.29) is 22.0 Å². The number of methoxy groups -OCH3 is 1. The van der Waals surface area contributed by atoms with Crippen molar-refractivity contribution in [3.63, 3.8) is 0 Å². The Bertz CT molecular complexity index is 433. The topological polar surface area (TPSA) is 69.4 Å². The van der Waals surface area contributed by atoms with Gasteiger partial charge in [0.25, 0.3) is 10.9 Å². The quantitative estimate of drug-likeness (QED) is 0.469. The van der Waals surface area contributed by atoms with Gasteiger partial charge in [-0.1, -0.05) is 11.6 Å². The third kappa shape index (κ3) is 2.37. The number of rotatable bonds is 3. The number of nitro groups is 1. The molecule has 0 spiro atoms. The maximum Gasteiger partial charge on any atom is 0.274 e. The molecule has 0 aromatic heterocycles. The maximum atomic E-state index is 10.9. The fraction of sp³-hybridized carbons (Fsp3) is 0.125. The molecule has 0 unspecified atom stereocenters. The van der Waals surface area contributed by atoms with E-state index in [9.17, 15) is 14.9 Å². The summed E-state index contributed by atoms with van der Waals surface area (Å²) in [5.41, 5.74) is -0.454. The van der Waals surface area contributed by atoms with Crippen molar-refractivity contribution >= 4 is 34.1 Å². The molecule has 7 heteroatoms. The number of carbonyl (C=O) groups excluding carboxylic acids is 1. The molecule has 0 N–H and O–H groups in total. The molecule has 0 aliphatic carbocycles. The summed E-state index contributed by atoms with van der Waals surface area (Å²) in [5, 5.41) is 9.60. The third-order valence-corrected chi connectivity index (χ3v) is 2.26. The predicted octanol–water partition coefficient (Wildman–Crippen LogP) is 2.64. The van der Waals surface area contributed by atoms with Gasteiger partial charge in [0.05, 0.1) is 28.7 Å². The van der Waals surface area contributed by atoms with Crippen molar-refractivity contribution in [1.29, 1.82) is 0 Å². The Labute approximate surface area is 94.7 Å². The monoisotopic (exact) mass is 249 g/mol. The summed E-state index contributed by atoms with van der Waals surface area (Å²) >= 11 is 10.9. The lowest BCUT2D eigenvalue weighted by molar-refractivity contribution is -0.384. The van der Waals surface area contributed by atoms with Crippen molar-refractivity contribution in [2.45, 2.75) is 0 Å². The van der Waals surface area contributed by atoms with Crippen LogP contribution in [0.25, 0.3) is 0 Å². The highest BCUT2D eigenvalue weighted by molar-refractivity contribution is 6.68. The van der Waals surface area contributed by atoms with Gasteiger partial charge in [0, 0.05) is 6.07 Å². The van der Waals surface area contributed by atoms with E-state index in [1.54, 1.807) is 0 Å². The molecule has 80 valence electrons. The SMILES string of the molecule is COc1cc([N+](=O)[O-])cc(C(=O)Cl)c1Cl. The number of hydrogen-bond acceptors (Lipinski definition) is 4. The lowest BCUT2D eigenvalue weighted by atomic mass is 10.2. The number of hydrogen-bond donors (Lipinski definition) is 0. The Morgan fingerprint density at radius 1 is 1.53 bits per heavy atom. The van der Waals surface area contributed by atoms with Crippen LogP contribution in [0.15, 0.2) is 12.1 Å². The zero-order valence-electron chi connectivity index (χ0n) is 7.49. The van der Waals surface area contributed by atoms with Crippen LogP contribution in [0.5, 0.6) is 5.75 Å². The van der Waals surface area contributed by atoms with Gasteiger partial charge in [0.1, 0.15) is 5.75 Å². The molecule has 5 nitrogen and oxygen atoms in total. The first-order valence-corrected chi connectivity index (χ1v) is 4.44. The van der Waals surface area contributed by atoms with Crippen molar-refractivity contribution in [2.24, 2.45) is 0 Å². The average Bonchev–Trinajstić information content (AvgIpc) is 2.17. The second kappa shape index (κ2) is 4.46. The Hall–Kier alpha value is -1.33. The highest BCUT2D eigenvalue weighted by Crippen LogP contribution is 2.33. The number of nitro benzene ring substituents is 1. The Balaban J connectivity index is 3.45. The van der Waals surface area contributed by atoms with Crippen molar-refractivity contribution in [2.75, 3.05) is 7.11 Å². The van der Waals surface area contributed by atoms with Crippen LogP contribution in [-0.4, -0.2) is 17.3 Å². The first kappa shape index (κ1) is 11.7. The van der Waals surface area contributed by atoms with Crippen LogP contribution in [0.2, 0.25) is 5.02 Å². The number of nitrogens with zero attached hydrogens (tertiary/aromatic N) is 1. The largest absolute Gasteiger partial charge is 0.495 e. The van der Waals surface area contributed by atoms with Gasteiger partial charge < -0.3 is 4.74 Å². The van der Waals surface area contributed by atoms with E-state index in [0.29, 0.717) is 0 Å². The molecule has 0 aliphatic rings. The Morgan fingerprint density at radius 2 is 2.13 bits per heavy atom. The molecule has 1 rings (SSSR count).